The summed E-state index contributed by atoms with van der Waals surface area (Å²) in [7, 11) is 0. The van der Waals surface area contributed by atoms with Gasteiger partial charge in [-0.25, -0.2) is 0 Å². The third kappa shape index (κ3) is 5.25. The van der Waals surface area contributed by atoms with Crippen LogP contribution >= 0.6 is 23.8 Å². The molecule has 0 atom stereocenters. The van der Waals surface area contributed by atoms with Crippen molar-refractivity contribution in [1.29, 1.82) is 0 Å². The normalized spacial score (nSPS) is 10.6. The van der Waals surface area contributed by atoms with Crippen LogP contribution in [0.4, 0.5) is 5.69 Å². The Hall–Kier alpha value is -3.74. The minimum Gasteiger partial charge on any atom is -0.451 e. The summed E-state index contributed by atoms with van der Waals surface area (Å²) in [4.78, 5) is 25.7. The maximum absolute atomic E-state index is 13.0. The zero-order valence-corrected chi connectivity index (χ0v) is 20.1. The van der Waals surface area contributed by atoms with Gasteiger partial charge in [-0.15, -0.1) is 0 Å². The second-order valence-electron chi connectivity index (χ2n) is 7.76. The van der Waals surface area contributed by atoms with Crippen molar-refractivity contribution >= 4 is 46.3 Å². The Morgan fingerprint density at radius 1 is 0.882 bits per heavy atom. The second kappa shape index (κ2) is 10.0. The van der Waals surface area contributed by atoms with E-state index in [1.54, 1.807) is 54.6 Å². The molecule has 0 aliphatic heterocycles. The molecule has 3 aromatic carbocycles. The molecule has 1 amide bonds. The van der Waals surface area contributed by atoms with Crippen molar-refractivity contribution in [2.45, 2.75) is 13.8 Å². The quantitative estimate of drug-likeness (QED) is 0.245. The first-order chi connectivity index (χ1) is 16.3. The van der Waals surface area contributed by atoms with E-state index >= 15 is 0 Å². The van der Waals surface area contributed by atoms with E-state index in [4.69, 9.17) is 28.2 Å². The average molecular weight is 489 g/mol. The molecule has 34 heavy (non-hydrogen) atoms. The van der Waals surface area contributed by atoms with E-state index in [1.165, 1.54) is 5.56 Å². The smallest absolute Gasteiger partial charge is 0.293 e. The van der Waals surface area contributed by atoms with Gasteiger partial charge in [0.1, 0.15) is 5.76 Å². The van der Waals surface area contributed by atoms with Gasteiger partial charge >= 0.3 is 0 Å². The summed E-state index contributed by atoms with van der Waals surface area (Å²) in [5.74, 6) is -0.0177. The number of rotatable bonds is 5. The maximum atomic E-state index is 13.0. The number of amides is 1. The largest absolute Gasteiger partial charge is 0.451 e. The van der Waals surface area contributed by atoms with Gasteiger partial charge in [-0.05, 0) is 73.6 Å². The molecule has 170 valence electrons. The maximum Gasteiger partial charge on any atom is 0.293 e. The molecule has 0 spiro atoms. The fourth-order valence-corrected chi connectivity index (χ4v) is 3.76. The topological polar surface area (TPSA) is 71.3 Å². The zero-order chi connectivity index (χ0) is 24.2. The molecule has 5 nitrogen and oxygen atoms in total. The molecule has 0 fully saturated rings. The van der Waals surface area contributed by atoms with Gasteiger partial charge in [-0.1, -0.05) is 54.1 Å². The molecule has 0 aliphatic carbocycles. The summed E-state index contributed by atoms with van der Waals surface area (Å²) in [6.07, 6.45) is 0. The fourth-order valence-electron chi connectivity index (χ4n) is 3.39. The Kier molecular flexibility index (Phi) is 6.91. The second-order valence-corrected chi connectivity index (χ2v) is 8.60. The zero-order valence-electron chi connectivity index (χ0n) is 18.5. The van der Waals surface area contributed by atoms with Crippen molar-refractivity contribution < 1.29 is 14.0 Å². The van der Waals surface area contributed by atoms with Gasteiger partial charge in [0.15, 0.2) is 16.7 Å². The molecule has 4 aromatic rings. The molecule has 0 saturated heterocycles. The first kappa shape index (κ1) is 23.4. The Morgan fingerprint density at radius 2 is 1.65 bits per heavy atom. The van der Waals surface area contributed by atoms with Crippen LogP contribution in [-0.2, 0) is 0 Å². The van der Waals surface area contributed by atoms with Crippen LogP contribution in [0.5, 0.6) is 0 Å². The lowest BCUT2D eigenvalue weighted by Gasteiger charge is -2.13. The van der Waals surface area contributed by atoms with Crippen molar-refractivity contribution in [2.24, 2.45) is 0 Å². The van der Waals surface area contributed by atoms with Gasteiger partial charge in [0, 0.05) is 21.7 Å². The number of nitrogens with one attached hydrogen (secondary N) is 2. The van der Waals surface area contributed by atoms with E-state index in [9.17, 15) is 9.59 Å². The van der Waals surface area contributed by atoms with Crippen LogP contribution in [0.15, 0.2) is 83.3 Å². The predicted octanol–water partition coefficient (Wildman–Crippen LogP) is 6.57. The molecule has 0 saturated carbocycles. The lowest BCUT2D eigenvalue weighted by molar-refractivity contribution is 0.0951. The third-order valence-corrected chi connectivity index (χ3v) is 5.80. The summed E-state index contributed by atoms with van der Waals surface area (Å²) in [6, 6.07) is 23.0. The summed E-state index contributed by atoms with van der Waals surface area (Å²) in [5.41, 5.74) is 4.47. The van der Waals surface area contributed by atoms with Crippen LogP contribution in [0.25, 0.3) is 11.3 Å². The molecule has 7 heteroatoms. The number of ketones is 1. The Bertz CT molecular complexity index is 1400. The first-order valence-corrected chi connectivity index (χ1v) is 11.3. The Morgan fingerprint density at radius 3 is 2.38 bits per heavy atom. The highest BCUT2D eigenvalue weighted by atomic mass is 35.5. The van der Waals surface area contributed by atoms with Crippen LogP contribution in [0, 0.1) is 13.8 Å². The number of hydrogen-bond acceptors (Lipinski definition) is 4. The number of carbonyl (C=O) groups is 2. The lowest BCUT2D eigenvalue weighted by Crippen LogP contribution is -2.34. The number of carbonyl (C=O) groups excluding carboxylic acids is 2. The van der Waals surface area contributed by atoms with E-state index in [1.807, 2.05) is 38.1 Å². The van der Waals surface area contributed by atoms with Gasteiger partial charge in [-0.2, -0.15) is 0 Å². The highest BCUT2D eigenvalue weighted by Gasteiger charge is 2.18. The number of furan rings is 1. The molecule has 0 aliphatic rings. The van der Waals surface area contributed by atoms with Crippen molar-refractivity contribution in [1.82, 2.24) is 5.32 Å². The number of aryl methyl sites for hydroxylation is 2. The van der Waals surface area contributed by atoms with Crippen molar-refractivity contribution in [2.75, 3.05) is 5.32 Å². The molecule has 1 aromatic heterocycles. The first-order valence-electron chi connectivity index (χ1n) is 10.5. The van der Waals surface area contributed by atoms with E-state index in [0.717, 1.165) is 11.1 Å². The summed E-state index contributed by atoms with van der Waals surface area (Å²) in [6.45, 7) is 4.06. The molecular formula is C27H21ClN2O3S. The third-order valence-electron chi connectivity index (χ3n) is 5.36. The van der Waals surface area contributed by atoms with Gasteiger partial charge in [0.2, 0.25) is 0 Å². The van der Waals surface area contributed by atoms with Crippen LogP contribution in [-0.4, -0.2) is 16.8 Å². The predicted molar refractivity (Wildman–Crippen MR) is 139 cm³/mol. The molecule has 2 N–H and O–H groups in total. The standard InChI is InChI=1S/C27H21ClN2O3S/c1-16-8-9-19(14-17(16)2)23-12-13-24(33-23)26(32)30-27(34)29-22-11-10-20(28)15-21(22)25(31)18-6-4-3-5-7-18/h3-15H,1-2H3,(H2,29,30,32,34). The molecule has 4 rings (SSSR count). The van der Waals surface area contributed by atoms with Gasteiger partial charge in [0.25, 0.3) is 5.91 Å². The van der Waals surface area contributed by atoms with Crippen LogP contribution in [0.3, 0.4) is 0 Å². The van der Waals surface area contributed by atoms with E-state index < -0.39 is 5.91 Å². The summed E-state index contributed by atoms with van der Waals surface area (Å²) in [5, 5.41) is 5.95. The van der Waals surface area contributed by atoms with E-state index in [-0.39, 0.29) is 16.7 Å². The fraction of sp³-hybridized carbons (Fsp3) is 0.0741. The van der Waals surface area contributed by atoms with Gasteiger partial charge in [0.05, 0.1) is 5.69 Å². The lowest BCUT2D eigenvalue weighted by atomic mass is 10.0. The summed E-state index contributed by atoms with van der Waals surface area (Å²) >= 11 is 11.4. The molecule has 0 radical (unpaired) electrons. The summed E-state index contributed by atoms with van der Waals surface area (Å²) < 4.78 is 5.74. The Balaban J connectivity index is 1.48. The van der Waals surface area contributed by atoms with Gasteiger partial charge in [-0.3, -0.25) is 14.9 Å². The number of anilines is 1. The highest BCUT2D eigenvalue weighted by Crippen LogP contribution is 2.25. The van der Waals surface area contributed by atoms with Crippen molar-refractivity contribution in [3.63, 3.8) is 0 Å². The minimum absolute atomic E-state index is 0.0264. The van der Waals surface area contributed by atoms with Crippen LogP contribution in [0.2, 0.25) is 5.02 Å². The Labute approximate surface area is 207 Å². The van der Waals surface area contributed by atoms with Crippen LogP contribution < -0.4 is 10.6 Å². The SMILES string of the molecule is Cc1ccc(-c2ccc(C(=O)NC(=S)Nc3ccc(Cl)cc3C(=O)c3ccccc3)o2)cc1C. The molecular weight excluding hydrogens is 468 g/mol. The molecule has 1 heterocycles. The number of thiocarbonyl (C=S) groups is 1. The number of benzene rings is 3. The highest BCUT2D eigenvalue weighted by molar-refractivity contribution is 7.80. The number of halogens is 1. The minimum atomic E-state index is -0.502. The van der Waals surface area contributed by atoms with E-state index in [0.29, 0.717) is 27.6 Å². The van der Waals surface area contributed by atoms with Gasteiger partial charge < -0.3 is 9.73 Å². The monoisotopic (exact) mass is 488 g/mol. The molecule has 0 bridgehead atoms. The van der Waals surface area contributed by atoms with Crippen LogP contribution in [0.1, 0.15) is 37.6 Å². The molecule has 0 unspecified atom stereocenters. The number of hydrogen-bond donors (Lipinski definition) is 2. The van der Waals surface area contributed by atoms with Crippen molar-refractivity contribution in [3.8, 4) is 11.3 Å². The average Bonchev–Trinajstić information content (AvgIpc) is 3.32. The van der Waals surface area contributed by atoms with Crippen molar-refractivity contribution in [3.05, 3.63) is 112 Å². The van der Waals surface area contributed by atoms with E-state index in [2.05, 4.69) is 10.6 Å².